The molecule has 0 radical (unpaired) electrons. The van der Waals surface area contributed by atoms with Crippen LogP contribution in [-0.2, 0) is 4.57 Å². The van der Waals surface area contributed by atoms with Gasteiger partial charge in [0, 0.05) is 35.3 Å². The van der Waals surface area contributed by atoms with Gasteiger partial charge in [-0.05, 0) is 41.3 Å². The van der Waals surface area contributed by atoms with Gasteiger partial charge < -0.3 is 15.9 Å². The Morgan fingerprint density at radius 1 is 1.10 bits per heavy atom. The Labute approximate surface area is 172 Å². The first kappa shape index (κ1) is 21.0. The first-order chi connectivity index (χ1) is 13.7. The van der Waals surface area contributed by atoms with Crippen LogP contribution in [0.4, 0.5) is 11.4 Å². The van der Waals surface area contributed by atoms with Crippen LogP contribution >= 0.6 is 18.7 Å². The second-order valence-corrected chi connectivity index (χ2v) is 10.3. The molecule has 0 fully saturated rings. The third-order valence-electron chi connectivity index (χ3n) is 4.33. The molecule has 6 nitrogen and oxygen atoms in total. The Hall–Kier alpha value is -2.73. The molecule has 0 aliphatic carbocycles. The Balaban J connectivity index is 1.71. The summed E-state index contributed by atoms with van der Waals surface area (Å²) >= 11 is 1.60. The number of nitrogens with one attached hydrogen (secondary N) is 1. The summed E-state index contributed by atoms with van der Waals surface area (Å²) in [6.45, 7) is 1.23. The van der Waals surface area contributed by atoms with Crippen molar-refractivity contribution in [3.05, 3.63) is 71.1 Å². The van der Waals surface area contributed by atoms with E-state index in [4.69, 9.17) is 5.73 Å². The molecule has 1 heterocycles. The second-order valence-electron chi connectivity index (χ2n) is 6.76. The Bertz CT molecular complexity index is 1070. The number of nitrogens with two attached hydrogens (primary N) is 1. The Morgan fingerprint density at radius 3 is 2.41 bits per heavy atom. The highest BCUT2D eigenvalue weighted by molar-refractivity contribution is 7.57. The van der Waals surface area contributed by atoms with Gasteiger partial charge >= 0.3 is 0 Å². The molecule has 1 aromatic heterocycles. The first-order valence-electron chi connectivity index (χ1n) is 8.90. The number of benzene rings is 2. The van der Waals surface area contributed by atoms with Crippen LogP contribution in [0.2, 0.25) is 0 Å². The van der Waals surface area contributed by atoms with Crippen LogP contribution in [0.1, 0.15) is 27.1 Å². The summed E-state index contributed by atoms with van der Waals surface area (Å²) in [5.41, 5.74) is 8.71. The van der Waals surface area contributed by atoms with E-state index in [-0.39, 0.29) is 24.3 Å². The lowest BCUT2D eigenvalue weighted by molar-refractivity contribution is 0.0984. The summed E-state index contributed by atoms with van der Waals surface area (Å²) in [5, 5.41) is 4.79. The van der Waals surface area contributed by atoms with Crippen molar-refractivity contribution in [2.24, 2.45) is 0 Å². The highest BCUT2D eigenvalue weighted by Crippen LogP contribution is 2.36. The van der Waals surface area contributed by atoms with Crippen LogP contribution in [0.15, 0.2) is 60.0 Å². The standard InChI is InChI=1S/C21H21N2O4PS/c1-28(26,27)11-10-19(24)14-4-6-15(7-5-14)21(25)23-18-13-16(8-9-17(18)22)20-3-2-12-29-20/h2-9,12-13H,10-11,22H2,1H3,(H,23,25)(H,26,27). The van der Waals surface area contributed by atoms with E-state index in [9.17, 15) is 19.0 Å². The average Bonchev–Trinajstić information content (AvgIpc) is 3.22. The molecule has 150 valence electrons. The highest BCUT2D eigenvalue weighted by atomic mass is 32.1. The number of carbonyl (C=O) groups is 2. The maximum absolute atomic E-state index is 12.6. The molecule has 8 heteroatoms. The highest BCUT2D eigenvalue weighted by Gasteiger charge is 2.15. The van der Waals surface area contributed by atoms with E-state index in [1.54, 1.807) is 41.7 Å². The van der Waals surface area contributed by atoms with Crippen molar-refractivity contribution in [2.75, 3.05) is 23.9 Å². The first-order valence-corrected chi connectivity index (χ1v) is 12.1. The van der Waals surface area contributed by atoms with Gasteiger partial charge in [0.1, 0.15) is 0 Å². The molecule has 0 aliphatic heterocycles. The minimum Gasteiger partial charge on any atom is -0.397 e. The summed E-state index contributed by atoms with van der Waals surface area (Å²) in [6, 6.07) is 15.6. The van der Waals surface area contributed by atoms with Crippen molar-refractivity contribution in [1.82, 2.24) is 0 Å². The van der Waals surface area contributed by atoms with Crippen molar-refractivity contribution >= 4 is 41.8 Å². The van der Waals surface area contributed by atoms with Gasteiger partial charge in [-0.25, -0.2) is 0 Å². The molecule has 3 aromatic rings. The topological polar surface area (TPSA) is 109 Å². The van der Waals surface area contributed by atoms with Crippen molar-refractivity contribution < 1.29 is 19.0 Å². The minimum absolute atomic E-state index is 0.0120. The van der Waals surface area contributed by atoms with Crippen LogP contribution in [0.25, 0.3) is 10.4 Å². The predicted octanol–water partition coefficient (Wildman–Crippen LogP) is 4.72. The summed E-state index contributed by atoms with van der Waals surface area (Å²) < 4.78 is 11.3. The fourth-order valence-corrected chi connectivity index (χ4v) is 4.06. The quantitative estimate of drug-likeness (QED) is 0.287. The summed E-state index contributed by atoms with van der Waals surface area (Å²) in [6.07, 6.45) is -0.0736. The normalized spacial score (nSPS) is 12.9. The fourth-order valence-electron chi connectivity index (χ4n) is 2.72. The van der Waals surface area contributed by atoms with Crippen LogP contribution in [0.3, 0.4) is 0 Å². The summed E-state index contributed by atoms with van der Waals surface area (Å²) in [7, 11) is -3.23. The zero-order valence-corrected chi connectivity index (χ0v) is 17.5. The fraction of sp³-hybridized carbons (Fsp3) is 0.143. The SMILES string of the molecule is CP(=O)(O)CCC(=O)c1ccc(C(=O)Nc2cc(-c3cccs3)ccc2N)cc1. The number of carbonyl (C=O) groups excluding carboxylic acids is 2. The number of nitrogen functional groups attached to an aromatic ring is 1. The second kappa shape index (κ2) is 8.74. The lowest BCUT2D eigenvalue weighted by atomic mass is 10.1. The molecule has 1 amide bonds. The van der Waals surface area contributed by atoms with Gasteiger partial charge in [-0.2, -0.15) is 0 Å². The van der Waals surface area contributed by atoms with E-state index in [1.807, 2.05) is 29.6 Å². The van der Waals surface area contributed by atoms with E-state index < -0.39 is 7.37 Å². The minimum atomic E-state index is -3.23. The number of rotatable bonds is 7. The van der Waals surface area contributed by atoms with Gasteiger partial charge in [-0.15, -0.1) is 11.3 Å². The lowest BCUT2D eigenvalue weighted by Gasteiger charge is -2.10. The molecule has 1 unspecified atom stereocenters. The van der Waals surface area contributed by atoms with Crippen LogP contribution in [-0.4, -0.2) is 29.4 Å². The molecule has 3 rings (SSSR count). The van der Waals surface area contributed by atoms with Gasteiger partial charge in [0.25, 0.3) is 5.91 Å². The zero-order chi connectivity index (χ0) is 21.0. The maximum Gasteiger partial charge on any atom is 0.255 e. The van der Waals surface area contributed by atoms with E-state index >= 15 is 0 Å². The predicted molar refractivity (Wildman–Crippen MR) is 118 cm³/mol. The van der Waals surface area contributed by atoms with Crippen molar-refractivity contribution in [2.45, 2.75) is 6.42 Å². The van der Waals surface area contributed by atoms with Gasteiger partial charge in [0.15, 0.2) is 13.2 Å². The molecule has 0 saturated carbocycles. The van der Waals surface area contributed by atoms with E-state index in [0.717, 1.165) is 10.4 Å². The van der Waals surface area contributed by atoms with Gasteiger partial charge in [0.05, 0.1) is 11.4 Å². The van der Waals surface area contributed by atoms with E-state index in [0.29, 0.717) is 22.5 Å². The van der Waals surface area contributed by atoms with Gasteiger partial charge in [-0.1, -0.05) is 24.3 Å². The summed E-state index contributed by atoms with van der Waals surface area (Å²) in [5.74, 6) is -0.576. The van der Waals surface area contributed by atoms with E-state index in [2.05, 4.69) is 5.32 Å². The van der Waals surface area contributed by atoms with Gasteiger partial charge in [-0.3, -0.25) is 14.2 Å². The van der Waals surface area contributed by atoms with Crippen molar-refractivity contribution in [3.63, 3.8) is 0 Å². The largest absolute Gasteiger partial charge is 0.397 e. The van der Waals surface area contributed by atoms with E-state index in [1.165, 1.54) is 6.66 Å². The number of hydrogen-bond acceptors (Lipinski definition) is 5. The number of ketones is 1. The smallest absolute Gasteiger partial charge is 0.255 e. The van der Waals surface area contributed by atoms with Crippen LogP contribution < -0.4 is 11.1 Å². The van der Waals surface area contributed by atoms with Gasteiger partial charge in [0.2, 0.25) is 0 Å². The monoisotopic (exact) mass is 428 g/mol. The van der Waals surface area contributed by atoms with Crippen molar-refractivity contribution in [3.8, 4) is 10.4 Å². The summed E-state index contributed by atoms with van der Waals surface area (Å²) in [4.78, 5) is 35.1. The number of amides is 1. The van der Waals surface area contributed by atoms with Crippen LogP contribution in [0.5, 0.6) is 0 Å². The lowest BCUT2D eigenvalue weighted by Crippen LogP contribution is -2.13. The molecule has 4 N–H and O–H groups in total. The number of thiophene rings is 1. The Morgan fingerprint density at radius 2 is 1.79 bits per heavy atom. The molecular weight excluding hydrogens is 407 g/mol. The molecule has 1 atom stereocenters. The zero-order valence-electron chi connectivity index (χ0n) is 15.8. The molecule has 2 aromatic carbocycles. The molecule has 0 aliphatic rings. The maximum atomic E-state index is 12.6. The van der Waals surface area contributed by atoms with Crippen LogP contribution in [0, 0.1) is 0 Å². The number of anilines is 2. The number of Topliss-reactive ketones (excluding diaryl/α,β-unsaturated/α-hetero) is 1. The third-order valence-corrected chi connectivity index (χ3v) is 6.30. The van der Waals surface area contributed by atoms with Crippen molar-refractivity contribution in [1.29, 1.82) is 0 Å². The molecule has 29 heavy (non-hydrogen) atoms. The molecule has 0 spiro atoms. The molecular formula is C21H21N2O4PS. The third kappa shape index (κ3) is 5.64. The molecule has 0 bridgehead atoms. The average molecular weight is 428 g/mol. The molecule has 0 saturated heterocycles. The Kier molecular flexibility index (Phi) is 6.33. The number of hydrogen-bond donors (Lipinski definition) is 3.